The van der Waals surface area contributed by atoms with Crippen molar-refractivity contribution in [2.24, 2.45) is 5.41 Å². The molecule has 1 N–H and O–H groups in total. The lowest BCUT2D eigenvalue weighted by Gasteiger charge is -2.33. The van der Waals surface area contributed by atoms with Crippen LogP contribution in [0.3, 0.4) is 0 Å². The number of amides is 2. The third kappa shape index (κ3) is 9.53. The predicted octanol–water partition coefficient (Wildman–Crippen LogP) is 7.03. The van der Waals surface area contributed by atoms with Crippen LogP contribution in [0.2, 0.25) is 5.02 Å². The molecule has 2 atom stereocenters. The molecule has 0 spiro atoms. The molecule has 14 heteroatoms. The molecule has 0 saturated carbocycles. The van der Waals surface area contributed by atoms with Crippen LogP contribution in [0.1, 0.15) is 55.7 Å². The number of nitrogens with one attached hydrogen (secondary N) is 1. The van der Waals surface area contributed by atoms with Crippen LogP contribution in [0.4, 0.5) is 10.8 Å². The van der Waals surface area contributed by atoms with Crippen LogP contribution in [0, 0.1) is 5.41 Å². The van der Waals surface area contributed by atoms with Gasteiger partial charge in [-0.1, -0.05) is 67.9 Å². The van der Waals surface area contributed by atoms with E-state index in [1.807, 2.05) is 44.2 Å². The number of thiazole rings is 1. The Labute approximate surface area is 317 Å². The molecule has 2 heterocycles. The number of benzene rings is 3. The monoisotopic (exact) mass is 763 g/mol. The second-order valence-corrected chi connectivity index (χ2v) is 14.7. The summed E-state index contributed by atoms with van der Waals surface area (Å²) < 4.78 is 28.2. The SMILES string of the molecule is COC(=O)CCc1sc(NC(=O)C[C@H]2O[C@H](c3cccc(OC)c3OC)c3cc(Cl)ccc3N(CC(C)(C)COC(C)=O)C2=O)nc1-c1ccccc1. The minimum absolute atomic E-state index is 0.0420. The fraction of sp³-hybridized carbons (Fsp3) is 0.359. The predicted molar refractivity (Wildman–Crippen MR) is 202 cm³/mol. The number of aromatic nitrogens is 1. The van der Waals surface area contributed by atoms with Gasteiger partial charge in [0.05, 0.1) is 46.5 Å². The molecule has 1 aliphatic rings. The molecule has 12 nitrogen and oxygen atoms in total. The standard InChI is InChI=1S/C39H42ClN3O9S/c1-23(44)51-22-39(2,3)21-43-28-16-15-25(40)19-27(28)35(26-13-10-14-29(48-4)36(26)50-6)52-30(37(43)47)20-32(45)41-38-42-34(24-11-8-7-9-12-24)31(53-38)17-18-33(46)49-5/h7-16,19,30,35H,17-18,20-22H2,1-6H3,(H,41,42,45)/t30-,35-/m1/s1. The minimum Gasteiger partial charge on any atom is -0.493 e. The van der Waals surface area contributed by atoms with Gasteiger partial charge in [-0.3, -0.25) is 19.2 Å². The number of nitrogens with zero attached hydrogens (tertiary/aromatic N) is 2. The van der Waals surface area contributed by atoms with Gasteiger partial charge < -0.3 is 33.9 Å². The molecule has 0 unspecified atom stereocenters. The summed E-state index contributed by atoms with van der Waals surface area (Å²) in [4.78, 5) is 59.3. The van der Waals surface area contributed by atoms with Gasteiger partial charge in [-0.25, -0.2) is 4.98 Å². The Morgan fingerprint density at radius 1 is 1.00 bits per heavy atom. The maximum absolute atomic E-state index is 14.6. The van der Waals surface area contributed by atoms with Crippen molar-refractivity contribution in [3.8, 4) is 22.8 Å². The topological polar surface area (TPSA) is 143 Å². The fourth-order valence-electron chi connectivity index (χ4n) is 6.05. The third-order valence-electron chi connectivity index (χ3n) is 8.52. The number of carbonyl (C=O) groups excluding carboxylic acids is 4. The van der Waals surface area contributed by atoms with Crippen LogP contribution in [0.5, 0.6) is 11.5 Å². The zero-order chi connectivity index (χ0) is 38.3. The smallest absolute Gasteiger partial charge is 0.305 e. The summed E-state index contributed by atoms with van der Waals surface area (Å²) in [6.07, 6.45) is -2.09. The van der Waals surface area contributed by atoms with Gasteiger partial charge in [-0.2, -0.15) is 0 Å². The lowest BCUT2D eigenvalue weighted by atomic mass is 9.92. The molecule has 1 aromatic heterocycles. The first-order chi connectivity index (χ1) is 25.3. The van der Waals surface area contributed by atoms with Gasteiger partial charge in [-0.05, 0) is 30.7 Å². The van der Waals surface area contributed by atoms with E-state index in [1.54, 1.807) is 41.3 Å². The van der Waals surface area contributed by atoms with Crippen molar-refractivity contribution in [2.75, 3.05) is 44.7 Å². The highest BCUT2D eigenvalue weighted by Crippen LogP contribution is 2.46. The normalized spacial score (nSPS) is 15.6. The summed E-state index contributed by atoms with van der Waals surface area (Å²) in [7, 11) is 4.36. The largest absolute Gasteiger partial charge is 0.493 e. The highest BCUT2D eigenvalue weighted by molar-refractivity contribution is 7.16. The highest BCUT2D eigenvalue weighted by Gasteiger charge is 2.41. The summed E-state index contributed by atoms with van der Waals surface area (Å²) >= 11 is 7.81. The zero-order valence-electron chi connectivity index (χ0n) is 30.4. The number of hydrogen-bond donors (Lipinski definition) is 1. The summed E-state index contributed by atoms with van der Waals surface area (Å²) in [5.74, 6) is -0.968. The van der Waals surface area contributed by atoms with Gasteiger partial charge in [0.15, 0.2) is 16.6 Å². The van der Waals surface area contributed by atoms with Crippen LogP contribution in [-0.2, 0) is 39.8 Å². The average molecular weight is 764 g/mol. The van der Waals surface area contributed by atoms with Gasteiger partial charge in [0.25, 0.3) is 5.91 Å². The van der Waals surface area contributed by atoms with Gasteiger partial charge in [0, 0.05) is 51.2 Å². The van der Waals surface area contributed by atoms with Crippen molar-refractivity contribution in [1.82, 2.24) is 4.98 Å². The first kappa shape index (κ1) is 39.2. The molecule has 0 saturated heterocycles. The highest BCUT2D eigenvalue weighted by atomic mass is 35.5. The number of ether oxygens (including phenoxy) is 5. The van der Waals surface area contributed by atoms with Crippen LogP contribution in [0.15, 0.2) is 66.7 Å². The Balaban J connectivity index is 1.53. The molecular weight excluding hydrogens is 722 g/mol. The van der Waals surface area contributed by atoms with Crippen LogP contribution < -0.4 is 19.7 Å². The Morgan fingerprint density at radius 2 is 1.75 bits per heavy atom. The second-order valence-electron chi connectivity index (χ2n) is 13.1. The fourth-order valence-corrected chi connectivity index (χ4v) is 7.23. The van der Waals surface area contributed by atoms with E-state index in [4.69, 9.17) is 40.3 Å². The Morgan fingerprint density at radius 3 is 2.43 bits per heavy atom. The molecule has 4 aromatic rings. The van der Waals surface area contributed by atoms with E-state index in [9.17, 15) is 19.2 Å². The number of anilines is 2. The molecule has 2 amide bonds. The van der Waals surface area contributed by atoms with E-state index >= 15 is 0 Å². The second kappa shape index (κ2) is 17.2. The summed E-state index contributed by atoms with van der Waals surface area (Å²) in [6, 6.07) is 19.9. The van der Waals surface area contributed by atoms with Gasteiger partial charge in [0.1, 0.15) is 12.2 Å². The molecule has 3 aromatic carbocycles. The molecule has 280 valence electrons. The first-order valence-electron chi connectivity index (χ1n) is 16.9. The molecular formula is C39H42ClN3O9S. The molecule has 0 radical (unpaired) electrons. The molecule has 5 rings (SSSR count). The summed E-state index contributed by atoms with van der Waals surface area (Å²) in [5.41, 5.74) is 2.38. The molecule has 0 fully saturated rings. The maximum atomic E-state index is 14.6. The number of aryl methyl sites for hydroxylation is 1. The number of fused-ring (bicyclic) bond motifs is 1. The van der Waals surface area contributed by atoms with Crippen LogP contribution in [0.25, 0.3) is 11.3 Å². The Bertz CT molecular complexity index is 1970. The third-order valence-corrected chi connectivity index (χ3v) is 9.78. The van der Waals surface area contributed by atoms with Crippen molar-refractivity contribution < 1.29 is 42.9 Å². The van der Waals surface area contributed by atoms with Gasteiger partial charge in [-0.15, -0.1) is 11.3 Å². The number of para-hydroxylation sites is 1. The Kier molecular flexibility index (Phi) is 12.8. The molecule has 0 aliphatic carbocycles. The number of rotatable bonds is 14. The van der Waals surface area contributed by atoms with E-state index in [-0.39, 0.29) is 32.0 Å². The number of hydrogen-bond acceptors (Lipinski definition) is 11. The van der Waals surface area contributed by atoms with Gasteiger partial charge in [0.2, 0.25) is 5.91 Å². The maximum Gasteiger partial charge on any atom is 0.305 e. The number of carbonyl (C=O) groups is 4. The lowest BCUT2D eigenvalue weighted by molar-refractivity contribution is -0.144. The average Bonchev–Trinajstić information content (AvgIpc) is 3.51. The summed E-state index contributed by atoms with van der Waals surface area (Å²) in [5, 5.41) is 3.57. The van der Waals surface area contributed by atoms with Gasteiger partial charge >= 0.3 is 11.9 Å². The van der Waals surface area contributed by atoms with E-state index in [0.29, 0.717) is 50.6 Å². The number of methoxy groups -OCH3 is 3. The van der Waals surface area contributed by atoms with E-state index in [1.165, 1.54) is 39.6 Å². The van der Waals surface area contributed by atoms with Crippen molar-refractivity contribution in [1.29, 1.82) is 0 Å². The quantitative estimate of drug-likeness (QED) is 0.133. The van der Waals surface area contributed by atoms with Crippen molar-refractivity contribution in [3.63, 3.8) is 0 Å². The van der Waals surface area contributed by atoms with E-state index in [2.05, 4.69) is 5.32 Å². The van der Waals surface area contributed by atoms with Crippen LogP contribution in [-0.4, -0.2) is 69.3 Å². The van der Waals surface area contributed by atoms with Crippen LogP contribution >= 0.6 is 22.9 Å². The van der Waals surface area contributed by atoms with Crippen molar-refractivity contribution in [3.05, 3.63) is 87.8 Å². The molecule has 53 heavy (non-hydrogen) atoms. The number of halogens is 1. The zero-order valence-corrected chi connectivity index (χ0v) is 32.0. The number of esters is 2. The first-order valence-corrected chi connectivity index (χ1v) is 18.1. The Hall–Kier alpha value is -4.98. The molecule has 0 bridgehead atoms. The lowest BCUT2D eigenvalue weighted by Crippen LogP contribution is -2.46. The van der Waals surface area contributed by atoms with Crippen molar-refractivity contribution >= 4 is 57.5 Å². The minimum atomic E-state index is -1.29. The summed E-state index contributed by atoms with van der Waals surface area (Å²) in [6.45, 7) is 5.24. The van der Waals surface area contributed by atoms with E-state index < -0.39 is 35.4 Å². The van der Waals surface area contributed by atoms with Crippen molar-refractivity contribution in [2.45, 2.75) is 52.2 Å². The molecule has 1 aliphatic heterocycles. The van der Waals surface area contributed by atoms with E-state index in [0.717, 1.165) is 10.4 Å².